The number of benzene rings is 2. The van der Waals surface area contributed by atoms with Gasteiger partial charge in [0.25, 0.3) is 5.91 Å². The molecular weight excluding hydrogens is 384 g/mol. The number of hydrogen-bond acceptors (Lipinski definition) is 5. The van der Waals surface area contributed by atoms with Gasteiger partial charge in [-0.1, -0.05) is 18.2 Å². The third-order valence-corrected chi connectivity index (χ3v) is 7.03. The van der Waals surface area contributed by atoms with Gasteiger partial charge in [0.2, 0.25) is 10.0 Å². The molecule has 27 heavy (non-hydrogen) atoms. The van der Waals surface area contributed by atoms with Crippen molar-refractivity contribution in [3.8, 4) is 0 Å². The first-order valence-corrected chi connectivity index (χ1v) is 10.6. The zero-order valence-corrected chi connectivity index (χ0v) is 16.5. The number of sulfonamides is 1. The number of nitrogens with one attached hydrogen (secondary N) is 1. The fraction of sp³-hybridized carbons (Fsp3) is 0.211. The Labute approximate surface area is 162 Å². The highest BCUT2D eigenvalue weighted by molar-refractivity contribution is 7.89. The van der Waals surface area contributed by atoms with Crippen molar-refractivity contribution in [1.29, 1.82) is 0 Å². The standard InChI is InChI=1S/C19H20N2O4S2/c1-21(2)27(24,25)14-9-7-13(8-10-14)19(23)20-11-17(22)16-12-26-18-6-4-3-5-15(16)18/h3-10,12,17,22H,11H2,1-2H3,(H,20,23). The summed E-state index contributed by atoms with van der Waals surface area (Å²) in [5, 5.41) is 16.0. The maximum Gasteiger partial charge on any atom is 0.251 e. The average molecular weight is 405 g/mol. The molecule has 1 unspecified atom stereocenters. The van der Waals surface area contributed by atoms with Crippen LogP contribution >= 0.6 is 11.3 Å². The Kier molecular flexibility index (Phi) is 5.61. The van der Waals surface area contributed by atoms with Gasteiger partial charge in [0.05, 0.1) is 11.0 Å². The van der Waals surface area contributed by atoms with Gasteiger partial charge >= 0.3 is 0 Å². The number of thiophene rings is 1. The molecule has 142 valence electrons. The molecule has 0 radical (unpaired) electrons. The molecule has 0 saturated carbocycles. The molecule has 0 bridgehead atoms. The Hall–Kier alpha value is -2.26. The summed E-state index contributed by atoms with van der Waals surface area (Å²) in [5.41, 5.74) is 1.11. The van der Waals surface area contributed by atoms with Crippen LogP contribution in [0, 0.1) is 0 Å². The van der Waals surface area contributed by atoms with E-state index in [1.807, 2.05) is 29.6 Å². The van der Waals surface area contributed by atoms with Gasteiger partial charge in [0.15, 0.2) is 0 Å². The number of aliphatic hydroxyl groups is 1. The summed E-state index contributed by atoms with van der Waals surface area (Å²) in [4.78, 5) is 12.4. The van der Waals surface area contributed by atoms with E-state index in [4.69, 9.17) is 0 Å². The van der Waals surface area contributed by atoms with Gasteiger partial charge in [-0.05, 0) is 41.1 Å². The number of carbonyl (C=O) groups excluding carboxylic acids is 1. The summed E-state index contributed by atoms with van der Waals surface area (Å²) < 4.78 is 26.3. The molecule has 0 aliphatic heterocycles. The van der Waals surface area contributed by atoms with Crippen LogP contribution in [-0.4, -0.2) is 44.4 Å². The Morgan fingerprint density at radius 1 is 1.15 bits per heavy atom. The molecule has 8 heteroatoms. The molecule has 1 aromatic heterocycles. The second kappa shape index (κ2) is 7.77. The molecule has 0 fully saturated rings. The van der Waals surface area contributed by atoms with E-state index in [0.717, 1.165) is 20.0 Å². The quantitative estimate of drug-likeness (QED) is 0.661. The first-order valence-electron chi connectivity index (χ1n) is 8.25. The first kappa shape index (κ1) is 19.5. The number of amides is 1. The van der Waals surface area contributed by atoms with Gasteiger partial charge in [-0.25, -0.2) is 12.7 Å². The van der Waals surface area contributed by atoms with Crippen LogP contribution in [0.25, 0.3) is 10.1 Å². The average Bonchev–Trinajstić information content (AvgIpc) is 3.10. The highest BCUT2D eigenvalue weighted by Crippen LogP contribution is 2.29. The largest absolute Gasteiger partial charge is 0.387 e. The Balaban J connectivity index is 1.67. The van der Waals surface area contributed by atoms with Crippen molar-refractivity contribution in [3.63, 3.8) is 0 Å². The molecule has 2 N–H and O–H groups in total. The third-order valence-electron chi connectivity index (χ3n) is 4.22. The lowest BCUT2D eigenvalue weighted by molar-refractivity contribution is 0.0917. The highest BCUT2D eigenvalue weighted by Gasteiger charge is 2.18. The molecule has 2 aromatic carbocycles. The monoisotopic (exact) mass is 404 g/mol. The molecule has 1 atom stereocenters. The molecule has 0 aliphatic rings. The smallest absolute Gasteiger partial charge is 0.251 e. The molecule has 0 saturated heterocycles. The van der Waals surface area contributed by atoms with E-state index in [1.165, 1.54) is 38.4 Å². The number of rotatable bonds is 6. The van der Waals surface area contributed by atoms with E-state index in [9.17, 15) is 18.3 Å². The lowest BCUT2D eigenvalue weighted by Gasteiger charge is -2.13. The van der Waals surface area contributed by atoms with E-state index < -0.39 is 16.1 Å². The van der Waals surface area contributed by atoms with Crippen molar-refractivity contribution < 1.29 is 18.3 Å². The second-order valence-electron chi connectivity index (χ2n) is 6.22. The molecule has 1 heterocycles. The summed E-state index contributed by atoms with van der Waals surface area (Å²) in [5.74, 6) is -0.373. The summed E-state index contributed by atoms with van der Waals surface area (Å²) in [6.45, 7) is 0.0668. The van der Waals surface area contributed by atoms with Crippen molar-refractivity contribution in [2.75, 3.05) is 20.6 Å². The van der Waals surface area contributed by atoms with E-state index >= 15 is 0 Å². The van der Waals surface area contributed by atoms with Crippen LogP contribution in [-0.2, 0) is 10.0 Å². The van der Waals surface area contributed by atoms with Crippen LogP contribution in [0.3, 0.4) is 0 Å². The van der Waals surface area contributed by atoms with Gasteiger partial charge < -0.3 is 10.4 Å². The minimum atomic E-state index is -3.53. The predicted molar refractivity (Wildman–Crippen MR) is 106 cm³/mol. The maximum atomic E-state index is 12.3. The Morgan fingerprint density at radius 3 is 2.48 bits per heavy atom. The van der Waals surface area contributed by atoms with Gasteiger partial charge in [-0.15, -0.1) is 11.3 Å². The second-order valence-corrected chi connectivity index (χ2v) is 9.29. The van der Waals surface area contributed by atoms with Crippen LogP contribution in [0.2, 0.25) is 0 Å². The fourth-order valence-electron chi connectivity index (χ4n) is 2.65. The number of aliphatic hydroxyl groups excluding tert-OH is 1. The number of fused-ring (bicyclic) bond motifs is 1. The fourth-order valence-corrected chi connectivity index (χ4v) is 4.56. The van der Waals surface area contributed by atoms with E-state index in [2.05, 4.69) is 5.32 Å². The van der Waals surface area contributed by atoms with Crippen molar-refractivity contribution in [1.82, 2.24) is 9.62 Å². The normalized spacial score (nSPS) is 13.0. The summed E-state index contributed by atoms with van der Waals surface area (Å²) in [7, 11) is -0.633. The van der Waals surface area contributed by atoms with E-state index in [1.54, 1.807) is 11.3 Å². The van der Waals surface area contributed by atoms with Gasteiger partial charge in [0.1, 0.15) is 0 Å². The van der Waals surface area contributed by atoms with Crippen molar-refractivity contribution in [2.24, 2.45) is 0 Å². The topological polar surface area (TPSA) is 86.7 Å². The summed E-state index contributed by atoms with van der Waals surface area (Å²) >= 11 is 1.55. The minimum absolute atomic E-state index is 0.0668. The molecule has 6 nitrogen and oxygen atoms in total. The van der Waals surface area contributed by atoms with Crippen LogP contribution in [0.1, 0.15) is 22.0 Å². The SMILES string of the molecule is CN(C)S(=O)(=O)c1ccc(C(=O)NCC(O)c2csc3ccccc23)cc1. The van der Waals surface area contributed by atoms with Crippen LogP contribution in [0.4, 0.5) is 0 Å². The lowest BCUT2D eigenvalue weighted by Crippen LogP contribution is -2.28. The highest BCUT2D eigenvalue weighted by atomic mass is 32.2. The minimum Gasteiger partial charge on any atom is -0.387 e. The molecule has 0 aliphatic carbocycles. The molecule has 3 rings (SSSR count). The molecule has 1 amide bonds. The molecular formula is C19H20N2O4S2. The van der Waals surface area contributed by atoms with Crippen molar-refractivity contribution in [2.45, 2.75) is 11.0 Å². The first-order chi connectivity index (χ1) is 12.8. The van der Waals surface area contributed by atoms with Crippen molar-refractivity contribution in [3.05, 3.63) is 65.0 Å². The van der Waals surface area contributed by atoms with Crippen LogP contribution < -0.4 is 5.32 Å². The molecule has 3 aromatic rings. The van der Waals surface area contributed by atoms with Crippen molar-refractivity contribution >= 4 is 37.4 Å². The Bertz CT molecular complexity index is 1060. The van der Waals surface area contributed by atoms with Crippen LogP contribution in [0.5, 0.6) is 0 Å². The predicted octanol–water partition coefficient (Wildman–Crippen LogP) is 2.62. The van der Waals surface area contributed by atoms with E-state index in [-0.39, 0.29) is 17.3 Å². The third kappa shape index (κ3) is 4.03. The lowest BCUT2D eigenvalue weighted by atomic mass is 10.1. The zero-order chi connectivity index (χ0) is 19.6. The Morgan fingerprint density at radius 2 is 1.81 bits per heavy atom. The number of hydrogen-bond donors (Lipinski definition) is 2. The van der Waals surface area contributed by atoms with E-state index in [0.29, 0.717) is 5.56 Å². The maximum absolute atomic E-state index is 12.3. The number of nitrogens with zero attached hydrogens (tertiary/aromatic N) is 1. The van der Waals surface area contributed by atoms with Gasteiger partial charge in [0, 0.05) is 36.5 Å². The van der Waals surface area contributed by atoms with Crippen LogP contribution in [0.15, 0.2) is 58.8 Å². The summed E-state index contributed by atoms with van der Waals surface area (Å²) in [6, 6.07) is 13.5. The van der Waals surface area contributed by atoms with Gasteiger partial charge in [-0.3, -0.25) is 4.79 Å². The zero-order valence-electron chi connectivity index (χ0n) is 14.9. The van der Waals surface area contributed by atoms with Gasteiger partial charge in [-0.2, -0.15) is 0 Å². The summed E-state index contributed by atoms with van der Waals surface area (Å²) in [6.07, 6.45) is -0.821. The molecule has 0 spiro atoms. The number of carbonyl (C=O) groups is 1.